The van der Waals surface area contributed by atoms with Crippen LogP contribution in [0.25, 0.3) is 5.82 Å². The zero-order valence-electron chi connectivity index (χ0n) is 11.6. The van der Waals surface area contributed by atoms with Crippen LogP contribution in [0.15, 0.2) is 31.0 Å². The molecule has 1 aliphatic rings. The van der Waals surface area contributed by atoms with Gasteiger partial charge in [-0.05, 0) is 30.9 Å². The van der Waals surface area contributed by atoms with Gasteiger partial charge in [0.1, 0.15) is 12.7 Å². The zero-order valence-corrected chi connectivity index (χ0v) is 11.6. The molecule has 0 saturated carbocycles. The molecular formula is C14H17N5O2. The molecule has 3 heterocycles. The summed E-state index contributed by atoms with van der Waals surface area (Å²) in [4.78, 5) is 22.3. The Morgan fingerprint density at radius 1 is 1.33 bits per heavy atom. The molecule has 7 nitrogen and oxygen atoms in total. The minimum Gasteiger partial charge on any atom is -0.396 e. The van der Waals surface area contributed by atoms with E-state index in [4.69, 9.17) is 5.11 Å². The number of carbonyl (C=O) groups excluding carboxylic acids is 1. The first-order chi connectivity index (χ1) is 10.3. The number of piperidine rings is 1. The van der Waals surface area contributed by atoms with Gasteiger partial charge in [0.15, 0.2) is 5.82 Å². The summed E-state index contributed by atoms with van der Waals surface area (Å²) in [7, 11) is 0. The highest BCUT2D eigenvalue weighted by Crippen LogP contribution is 2.18. The van der Waals surface area contributed by atoms with Crippen molar-refractivity contribution in [3.63, 3.8) is 0 Å². The van der Waals surface area contributed by atoms with Gasteiger partial charge < -0.3 is 10.0 Å². The Morgan fingerprint density at radius 3 is 2.71 bits per heavy atom. The maximum atomic E-state index is 12.4. The smallest absolute Gasteiger partial charge is 0.255 e. The number of aromatic nitrogens is 4. The summed E-state index contributed by atoms with van der Waals surface area (Å²) in [6, 6.07) is 3.51. The SMILES string of the molecule is O=C(c1ccc(-n2cncn2)nc1)N1CCC(CO)CC1. The molecule has 1 aliphatic heterocycles. The van der Waals surface area contributed by atoms with Gasteiger partial charge in [-0.15, -0.1) is 0 Å². The van der Waals surface area contributed by atoms with Gasteiger partial charge in [-0.1, -0.05) is 0 Å². The lowest BCUT2D eigenvalue weighted by atomic mass is 9.97. The van der Waals surface area contributed by atoms with Gasteiger partial charge in [-0.25, -0.2) is 14.6 Å². The van der Waals surface area contributed by atoms with E-state index in [2.05, 4.69) is 15.1 Å². The highest BCUT2D eigenvalue weighted by Gasteiger charge is 2.23. The van der Waals surface area contributed by atoms with Crippen LogP contribution in [-0.4, -0.2) is 55.4 Å². The van der Waals surface area contributed by atoms with Crippen molar-refractivity contribution in [1.29, 1.82) is 0 Å². The molecule has 7 heteroatoms. The van der Waals surface area contributed by atoms with E-state index in [9.17, 15) is 4.79 Å². The monoisotopic (exact) mass is 287 g/mol. The van der Waals surface area contributed by atoms with Gasteiger partial charge in [0.05, 0.1) is 5.56 Å². The molecule has 0 aromatic carbocycles. The van der Waals surface area contributed by atoms with Crippen molar-refractivity contribution in [3.8, 4) is 5.82 Å². The molecule has 0 atom stereocenters. The van der Waals surface area contributed by atoms with E-state index in [0.29, 0.717) is 30.4 Å². The normalized spacial score (nSPS) is 16.1. The van der Waals surface area contributed by atoms with Gasteiger partial charge in [0.25, 0.3) is 5.91 Å². The fourth-order valence-electron chi connectivity index (χ4n) is 2.48. The van der Waals surface area contributed by atoms with Crippen molar-refractivity contribution in [2.45, 2.75) is 12.8 Å². The third-order valence-electron chi connectivity index (χ3n) is 3.81. The predicted octanol–water partition coefficient (Wildman–Crippen LogP) is 0.507. The van der Waals surface area contributed by atoms with Crippen LogP contribution < -0.4 is 0 Å². The molecule has 1 saturated heterocycles. The predicted molar refractivity (Wildman–Crippen MR) is 74.9 cm³/mol. The van der Waals surface area contributed by atoms with Gasteiger partial charge in [0.2, 0.25) is 0 Å². The molecule has 0 spiro atoms. The Kier molecular flexibility index (Phi) is 3.92. The number of carbonyl (C=O) groups is 1. The first kappa shape index (κ1) is 13.7. The third-order valence-corrected chi connectivity index (χ3v) is 3.81. The van der Waals surface area contributed by atoms with Crippen molar-refractivity contribution in [1.82, 2.24) is 24.6 Å². The molecule has 1 N–H and O–H groups in total. The van der Waals surface area contributed by atoms with E-state index < -0.39 is 0 Å². The fraction of sp³-hybridized carbons (Fsp3) is 0.429. The molecule has 0 bridgehead atoms. The number of amides is 1. The number of aliphatic hydroxyl groups is 1. The van der Waals surface area contributed by atoms with E-state index in [1.165, 1.54) is 6.33 Å². The molecule has 0 radical (unpaired) electrons. The molecule has 21 heavy (non-hydrogen) atoms. The number of hydrogen-bond acceptors (Lipinski definition) is 5. The maximum Gasteiger partial charge on any atom is 0.255 e. The number of nitrogens with zero attached hydrogens (tertiary/aromatic N) is 5. The van der Waals surface area contributed by atoms with Crippen LogP contribution in [0.1, 0.15) is 23.2 Å². The number of likely N-dealkylation sites (tertiary alicyclic amines) is 1. The second kappa shape index (κ2) is 6.01. The summed E-state index contributed by atoms with van der Waals surface area (Å²) < 4.78 is 1.54. The van der Waals surface area contributed by atoms with E-state index in [0.717, 1.165) is 12.8 Å². The van der Waals surface area contributed by atoms with Gasteiger partial charge in [-0.2, -0.15) is 5.10 Å². The van der Waals surface area contributed by atoms with E-state index in [-0.39, 0.29) is 12.5 Å². The molecule has 3 rings (SSSR count). The lowest BCUT2D eigenvalue weighted by Crippen LogP contribution is -2.39. The van der Waals surface area contributed by atoms with Crippen LogP contribution in [0.2, 0.25) is 0 Å². The molecular weight excluding hydrogens is 270 g/mol. The van der Waals surface area contributed by atoms with Crippen LogP contribution in [0.5, 0.6) is 0 Å². The molecule has 0 aliphatic carbocycles. The molecule has 1 amide bonds. The van der Waals surface area contributed by atoms with Crippen LogP contribution in [0.4, 0.5) is 0 Å². The standard InChI is InChI=1S/C14H17N5O2/c20-8-11-3-5-18(6-4-11)14(21)12-1-2-13(16-7-12)19-10-15-9-17-19/h1-2,7,9-11,20H,3-6,8H2. The third kappa shape index (κ3) is 2.92. The van der Waals surface area contributed by atoms with Crippen LogP contribution in [-0.2, 0) is 0 Å². The summed E-state index contributed by atoms with van der Waals surface area (Å²) in [6.45, 7) is 1.58. The Hall–Kier alpha value is -2.28. The van der Waals surface area contributed by atoms with Crippen molar-refractivity contribution in [3.05, 3.63) is 36.5 Å². The van der Waals surface area contributed by atoms with Crippen LogP contribution in [0.3, 0.4) is 0 Å². The Bertz CT molecular complexity index is 588. The maximum absolute atomic E-state index is 12.4. The average Bonchev–Trinajstić information content (AvgIpc) is 3.09. The van der Waals surface area contributed by atoms with E-state index >= 15 is 0 Å². The minimum atomic E-state index is -0.0102. The second-order valence-electron chi connectivity index (χ2n) is 5.16. The van der Waals surface area contributed by atoms with E-state index in [1.54, 1.807) is 29.3 Å². The largest absolute Gasteiger partial charge is 0.396 e. The number of pyridine rings is 1. The lowest BCUT2D eigenvalue weighted by Gasteiger charge is -2.31. The molecule has 1 fully saturated rings. The number of rotatable bonds is 3. The van der Waals surface area contributed by atoms with Gasteiger partial charge in [-0.3, -0.25) is 4.79 Å². The van der Waals surface area contributed by atoms with Crippen LogP contribution in [0, 0.1) is 5.92 Å². The quantitative estimate of drug-likeness (QED) is 0.889. The van der Waals surface area contributed by atoms with Crippen LogP contribution >= 0.6 is 0 Å². The van der Waals surface area contributed by atoms with Crippen molar-refractivity contribution in [2.24, 2.45) is 5.92 Å². The first-order valence-corrected chi connectivity index (χ1v) is 6.99. The Morgan fingerprint density at radius 2 is 2.14 bits per heavy atom. The van der Waals surface area contributed by atoms with E-state index in [1.807, 2.05) is 4.90 Å². The molecule has 0 unspecified atom stereocenters. The van der Waals surface area contributed by atoms with Crippen molar-refractivity contribution < 1.29 is 9.90 Å². The number of aliphatic hydroxyl groups excluding tert-OH is 1. The van der Waals surface area contributed by atoms with Gasteiger partial charge >= 0.3 is 0 Å². The lowest BCUT2D eigenvalue weighted by molar-refractivity contribution is 0.0650. The molecule has 2 aromatic heterocycles. The molecule has 110 valence electrons. The van der Waals surface area contributed by atoms with Crippen molar-refractivity contribution in [2.75, 3.05) is 19.7 Å². The Labute approximate surface area is 122 Å². The fourth-order valence-corrected chi connectivity index (χ4v) is 2.48. The van der Waals surface area contributed by atoms with Crippen molar-refractivity contribution >= 4 is 5.91 Å². The summed E-state index contributed by atoms with van der Waals surface area (Å²) in [5, 5.41) is 13.1. The summed E-state index contributed by atoms with van der Waals surface area (Å²) >= 11 is 0. The van der Waals surface area contributed by atoms with Gasteiger partial charge in [0, 0.05) is 25.9 Å². The zero-order chi connectivity index (χ0) is 14.7. The minimum absolute atomic E-state index is 0.0102. The summed E-state index contributed by atoms with van der Waals surface area (Å²) in [5.74, 6) is 0.939. The summed E-state index contributed by atoms with van der Waals surface area (Å²) in [5.41, 5.74) is 0.571. The Balaban J connectivity index is 1.68. The highest BCUT2D eigenvalue weighted by atomic mass is 16.3. The first-order valence-electron chi connectivity index (χ1n) is 6.99. The summed E-state index contributed by atoms with van der Waals surface area (Å²) in [6.07, 6.45) is 6.27. The number of hydrogen-bond donors (Lipinski definition) is 1. The molecule has 2 aromatic rings. The topological polar surface area (TPSA) is 84.1 Å². The highest BCUT2D eigenvalue weighted by molar-refractivity contribution is 5.94. The second-order valence-corrected chi connectivity index (χ2v) is 5.16. The average molecular weight is 287 g/mol.